The normalized spacial score (nSPS) is 14.4. The van der Waals surface area contributed by atoms with Gasteiger partial charge in [-0.05, 0) is 51.8 Å². The highest BCUT2D eigenvalue weighted by Crippen LogP contribution is 2.17. The van der Waals surface area contributed by atoms with Crippen LogP contribution in [0.1, 0.15) is 13.3 Å². The Kier molecular flexibility index (Phi) is 6.77. The van der Waals surface area contributed by atoms with Crippen molar-refractivity contribution >= 4 is 16.6 Å². The first-order valence-corrected chi connectivity index (χ1v) is 13.2. The summed E-state index contributed by atoms with van der Waals surface area (Å²) in [4.78, 5) is 0. The third kappa shape index (κ3) is 9.35. The minimum atomic E-state index is -1.65. The average Bonchev–Trinajstić information content (AvgIpc) is 2.12. The van der Waals surface area contributed by atoms with E-state index >= 15 is 0 Å². The number of hydrogen-bond acceptors (Lipinski definition) is 3. The molecule has 0 unspecified atom stereocenters. The van der Waals surface area contributed by atoms with E-state index in [-0.39, 0.29) is 0 Å². The van der Waals surface area contributed by atoms with Gasteiger partial charge in [0.05, 0.1) is 13.2 Å². The van der Waals surface area contributed by atoms with Crippen LogP contribution >= 0.6 is 0 Å². The van der Waals surface area contributed by atoms with Gasteiger partial charge < -0.3 is 13.6 Å². The highest BCUT2D eigenvalue weighted by atomic mass is 28.4. The molecule has 0 aromatic rings. The third-order valence-corrected chi connectivity index (χ3v) is 3.36. The summed E-state index contributed by atoms with van der Waals surface area (Å²) in [5.74, 6) is 1.40. The van der Waals surface area contributed by atoms with Gasteiger partial charge in [-0.3, -0.25) is 0 Å². The van der Waals surface area contributed by atoms with Crippen LogP contribution in [0.15, 0.2) is 23.9 Å². The highest BCUT2D eigenvalue weighted by Gasteiger charge is 2.20. The summed E-state index contributed by atoms with van der Waals surface area (Å²) in [6.45, 7) is 15.0. The predicted octanol–water partition coefficient (Wildman–Crippen LogP) is 4.47. The van der Waals surface area contributed by atoms with Gasteiger partial charge in [0, 0.05) is 0 Å². The first-order chi connectivity index (χ1) is 8.07. The summed E-state index contributed by atoms with van der Waals surface area (Å²) in [6.07, 6.45) is 4.85. The molecule has 0 spiro atoms. The van der Waals surface area contributed by atoms with Crippen LogP contribution in [0.4, 0.5) is 0 Å². The molecule has 0 heterocycles. The Balaban J connectivity index is 4.96. The molecule has 0 saturated carbocycles. The quantitative estimate of drug-likeness (QED) is 0.393. The summed E-state index contributed by atoms with van der Waals surface area (Å²) >= 11 is 0. The molecule has 0 amide bonds. The monoisotopic (exact) mass is 288 g/mol. The Morgan fingerprint density at radius 3 is 1.78 bits per heavy atom. The topological polar surface area (TPSA) is 27.7 Å². The van der Waals surface area contributed by atoms with Crippen molar-refractivity contribution in [2.75, 3.05) is 7.11 Å². The van der Waals surface area contributed by atoms with E-state index in [4.69, 9.17) is 13.6 Å². The first kappa shape index (κ1) is 17.3. The maximum atomic E-state index is 6.00. The maximum Gasteiger partial charge on any atom is 0.268 e. The molecule has 0 atom stereocenters. The Hall–Kier alpha value is -0.686. The molecular weight excluding hydrogens is 260 g/mol. The fraction of sp³-hybridized carbons (Fsp3) is 0.692. The summed E-state index contributed by atoms with van der Waals surface area (Å²) in [5.41, 5.74) is 0. The maximum absolute atomic E-state index is 6.00. The molecule has 0 radical (unpaired) electrons. The van der Waals surface area contributed by atoms with Gasteiger partial charge in [0.25, 0.3) is 5.95 Å². The Labute approximate surface area is 114 Å². The average molecular weight is 289 g/mol. The van der Waals surface area contributed by atoms with Crippen LogP contribution < -0.4 is 0 Å². The largest absolute Gasteiger partial charge is 0.544 e. The van der Waals surface area contributed by atoms with Crippen molar-refractivity contribution in [3.8, 4) is 0 Å². The predicted molar refractivity (Wildman–Crippen MR) is 82.3 cm³/mol. The van der Waals surface area contributed by atoms with E-state index in [1.54, 1.807) is 7.11 Å². The number of ether oxygens (including phenoxy) is 1. The SMILES string of the molecule is CC/C=C(\C=C(\OC)O[Si](C)(C)C)O[Si](C)(C)C. The smallest absolute Gasteiger partial charge is 0.268 e. The molecule has 0 aromatic carbocycles. The molecule has 0 aromatic heterocycles. The first-order valence-electron chi connectivity index (χ1n) is 6.41. The minimum Gasteiger partial charge on any atom is -0.544 e. The summed E-state index contributed by atoms with van der Waals surface area (Å²) in [6, 6.07) is 0. The fourth-order valence-corrected chi connectivity index (χ4v) is 2.83. The van der Waals surface area contributed by atoms with E-state index in [1.165, 1.54) is 0 Å². The molecule has 0 bridgehead atoms. The van der Waals surface area contributed by atoms with Crippen molar-refractivity contribution in [3.63, 3.8) is 0 Å². The van der Waals surface area contributed by atoms with Crippen molar-refractivity contribution < 1.29 is 13.6 Å². The van der Waals surface area contributed by atoms with Gasteiger partial charge in [-0.15, -0.1) is 0 Å². The molecule has 0 saturated heterocycles. The fourth-order valence-electron chi connectivity index (χ4n) is 1.23. The Bertz CT molecular complexity index is 309. The van der Waals surface area contributed by atoms with Gasteiger partial charge >= 0.3 is 0 Å². The molecule has 18 heavy (non-hydrogen) atoms. The lowest BCUT2D eigenvalue weighted by atomic mass is 10.4. The van der Waals surface area contributed by atoms with E-state index in [0.29, 0.717) is 5.95 Å². The van der Waals surface area contributed by atoms with Crippen molar-refractivity contribution in [1.82, 2.24) is 0 Å². The molecule has 3 nitrogen and oxygen atoms in total. The zero-order valence-corrected chi connectivity index (χ0v) is 15.1. The van der Waals surface area contributed by atoms with E-state index in [9.17, 15) is 0 Å². The summed E-state index contributed by atoms with van der Waals surface area (Å²) < 4.78 is 17.1. The lowest BCUT2D eigenvalue weighted by molar-refractivity contribution is 0.145. The lowest BCUT2D eigenvalue weighted by Crippen LogP contribution is -2.26. The zero-order chi connectivity index (χ0) is 14.4. The molecule has 0 aliphatic rings. The van der Waals surface area contributed by atoms with Gasteiger partial charge in [-0.2, -0.15) is 0 Å². The number of rotatable bonds is 7. The van der Waals surface area contributed by atoms with Crippen molar-refractivity contribution in [2.45, 2.75) is 52.6 Å². The van der Waals surface area contributed by atoms with Crippen LogP contribution in [0, 0.1) is 0 Å². The van der Waals surface area contributed by atoms with Gasteiger partial charge in [0.15, 0.2) is 0 Å². The molecule has 0 N–H and O–H groups in total. The second-order valence-electron chi connectivity index (χ2n) is 6.11. The molecule has 0 fully saturated rings. The van der Waals surface area contributed by atoms with Crippen LogP contribution in [0.2, 0.25) is 39.3 Å². The number of methoxy groups -OCH3 is 1. The van der Waals surface area contributed by atoms with Crippen LogP contribution in [0.3, 0.4) is 0 Å². The van der Waals surface area contributed by atoms with Crippen LogP contribution in [0.25, 0.3) is 0 Å². The second-order valence-corrected chi connectivity index (χ2v) is 15.0. The third-order valence-electron chi connectivity index (χ3n) is 1.70. The number of hydrogen-bond donors (Lipinski definition) is 0. The van der Waals surface area contributed by atoms with Crippen LogP contribution in [-0.4, -0.2) is 23.7 Å². The van der Waals surface area contributed by atoms with Crippen molar-refractivity contribution in [3.05, 3.63) is 23.9 Å². The van der Waals surface area contributed by atoms with Gasteiger partial charge in [0.2, 0.25) is 16.6 Å². The second kappa shape index (κ2) is 7.04. The highest BCUT2D eigenvalue weighted by molar-refractivity contribution is 6.70. The number of allylic oxidation sites excluding steroid dienone is 2. The van der Waals surface area contributed by atoms with Gasteiger partial charge in [-0.1, -0.05) is 6.92 Å². The lowest BCUT2D eigenvalue weighted by Gasteiger charge is -2.23. The van der Waals surface area contributed by atoms with Crippen LogP contribution in [-0.2, 0) is 13.6 Å². The molecule has 0 aliphatic carbocycles. The molecule has 106 valence electrons. The van der Waals surface area contributed by atoms with Gasteiger partial charge in [0.1, 0.15) is 5.76 Å². The van der Waals surface area contributed by atoms with E-state index in [1.807, 2.05) is 6.08 Å². The van der Waals surface area contributed by atoms with Crippen molar-refractivity contribution in [2.24, 2.45) is 0 Å². The van der Waals surface area contributed by atoms with Crippen LogP contribution in [0.5, 0.6) is 0 Å². The summed E-state index contributed by atoms with van der Waals surface area (Å²) in [7, 11) is -1.63. The van der Waals surface area contributed by atoms with E-state index in [2.05, 4.69) is 52.3 Å². The standard InChI is InChI=1S/C13H28O3Si2/c1-9-10-12(15-17(3,4)5)11-13(14-2)16-18(6,7)8/h10-11H,9H2,1-8H3/b12-10+,13-11-. The summed E-state index contributed by atoms with van der Waals surface area (Å²) in [5, 5.41) is 0. The van der Waals surface area contributed by atoms with Gasteiger partial charge in [-0.25, -0.2) is 0 Å². The van der Waals surface area contributed by atoms with Crippen molar-refractivity contribution in [1.29, 1.82) is 0 Å². The molecule has 5 heteroatoms. The minimum absolute atomic E-state index is 0.548. The Morgan fingerprint density at radius 1 is 0.944 bits per heavy atom. The zero-order valence-electron chi connectivity index (χ0n) is 13.1. The Morgan fingerprint density at radius 2 is 1.44 bits per heavy atom. The molecular formula is C13H28O3Si2. The molecule has 0 rings (SSSR count). The van der Waals surface area contributed by atoms with E-state index < -0.39 is 16.6 Å². The van der Waals surface area contributed by atoms with E-state index in [0.717, 1.165) is 12.2 Å². The molecule has 0 aliphatic heterocycles.